The van der Waals surface area contributed by atoms with Crippen molar-refractivity contribution in [3.63, 3.8) is 0 Å². The van der Waals surface area contributed by atoms with Crippen molar-refractivity contribution < 1.29 is 5.11 Å². The summed E-state index contributed by atoms with van der Waals surface area (Å²) in [6.07, 6.45) is 0. The standard InChI is InChI=1S/C17H24N2O/c1-3-19-11-10-18(13-15(19)2)14-17-8-6-16(7-9-17)5-4-12-20/h6-9,15,20H,3,10-14H2,1-2H3. The second kappa shape index (κ2) is 7.44. The minimum atomic E-state index is -0.0820. The van der Waals surface area contributed by atoms with Crippen LogP contribution < -0.4 is 0 Å². The summed E-state index contributed by atoms with van der Waals surface area (Å²) in [5, 5.41) is 8.68. The predicted molar refractivity (Wildman–Crippen MR) is 82.4 cm³/mol. The van der Waals surface area contributed by atoms with Crippen molar-refractivity contribution in [3.8, 4) is 11.8 Å². The molecule has 2 rings (SSSR count). The second-order valence-electron chi connectivity index (χ2n) is 5.37. The average Bonchev–Trinajstić information content (AvgIpc) is 2.47. The molecule has 20 heavy (non-hydrogen) atoms. The Hall–Kier alpha value is -1.34. The van der Waals surface area contributed by atoms with Gasteiger partial charge in [0.2, 0.25) is 0 Å². The predicted octanol–water partition coefficient (Wildman–Crippen LogP) is 1.56. The summed E-state index contributed by atoms with van der Waals surface area (Å²) < 4.78 is 0. The first-order valence-corrected chi connectivity index (χ1v) is 7.38. The van der Waals surface area contributed by atoms with E-state index >= 15 is 0 Å². The molecule has 0 aromatic heterocycles. The van der Waals surface area contributed by atoms with Crippen molar-refractivity contribution >= 4 is 0 Å². The molecule has 0 saturated carbocycles. The second-order valence-corrected chi connectivity index (χ2v) is 5.37. The monoisotopic (exact) mass is 272 g/mol. The van der Waals surface area contributed by atoms with Crippen LogP contribution in [0.5, 0.6) is 0 Å². The highest BCUT2D eigenvalue weighted by Crippen LogP contribution is 2.13. The van der Waals surface area contributed by atoms with E-state index in [1.54, 1.807) is 0 Å². The Morgan fingerprint density at radius 1 is 1.25 bits per heavy atom. The van der Waals surface area contributed by atoms with Crippen molar-refractivity contribution in [1.29, 1.82) is 0 Å². The maximum absolute atomic E-state index is 8.68. The van der Waals surface area contributed by atoms with Gasteiger partial charge in [-0.2, -0.15) is 0 Å². The summed E-state index contributed by atoms with van der Waals surface area (Å²) in [6, 6.07) is 8.98. The zero-order valence-electron chi connectivity index (χ0n) is 12.5. The molecule has 1 heterocycles. The highest BCUT2D eigenvalue weighted by Gasteiger charge is 2.21. The molecule has 1 fully saturated rings. The zero-order chi connectivity index (χ0) is 14.4. The quantitative estimate of drug-likeness (QED) is 0.846. The number of rotatable bonds is 3. The third-order valence-electron chi connectivity index (χ3n) is 3.93. The Morgan fingerprint density at radius 2 is 2.00 bits per heavy atom. The number of piperazine rings is 1. The minimum absolute atomic E-state index is 0.0820. The van der Waals surface area contributed by atoms with Crippen LogP contribution >= 0.6 is 0 Å². The number of likely N-dealkylation sites (N-methyl/N-ethyl adjacent to an activating group) is 1. The largest absolute Gasteiger partial charge is 0.384 e. The van der Waals surface area contributed by atoms with Crippen molar-refractivity contribution in [2.24, 2.45) is 0 Å². The van der Waals surface area contributed by atoms with E-state index in [2.05, 4.69) is 47.6 Å². The minimum Gasteiger partial charge on any atom is -0.384 e. The average molecular weight is 272 g/mol. The van der Waals surface area contributed by atoms with E-state index in [1.807, 2.05) is 12.1 Å². The van der Waals surface area contributed by atoms with Crippen LogP contribution in [0.1, 0.15) is 25.0 Å². The van der Waals surface area contributed by atoms with E-state index in [0.717, 1.165) is 38.3 Å². The molecule has 1 saturated heterocycles. The smallest absolute Gasteiger partial charge is 0.104 e. The molecule has 0 aliphatic carbocycles. The van der Waals surface area contributed by atoms with Gasteiger partial charge in [-0.05, 0) is 31.2 Å². The molecule has 0 radical (unpaired) electrons. The lowest BCUT2D eigenvalue weighted by Crippen LogP contribution is -2.51. The molecule has 0 bridgehead atoms. The summed E-state index contributed by atoms with van der Waals surface area (Å²) in [5.41, 5.74) is 2.30. The lowest BCUT2D eigenvalue weighted by Gasteiger charge is -2.39. The number of benzene rings is 1. The van der Waals surface area contributed by atoms with Gasteiger partial charge in [0.1, 0.15) is 6.61 Å². The van der Waals surface area contributed by atoms with Crippen LogP contribution in [0.4, 0.5) is 0 Å². The number of nitrogens with zero attached hydrogens (tertiary/aromatic N) is 2. The Kier molecular flexibility index (Phi) is 5.60. The van der Waals surface area contributed by atoms with Gasteiger partial charge >= 0.3 is 0 Å². The zero-order valence-corrected chi connectivity index (χ0v) is 12.5. The van der Waals surface area contributed by atoms with Crippen molar-refractivity contribution in [2.75, 3.05) is 32.8 Å². The molecular weight excluding hydrogens is 248 g/mol. The molecule has 0 amide bonds. The van der Waals surface area contributed by atoms with Gasteiger partial charge in [0.05, 0.1) is 0 Å². The van der Waals surface area contributed by atoms with Crippen LogP contribution in [0.2, 0.25) is 0 Å². The van der Waals surface area contributed by atoms with E-state index in [9.17, 15) is 0 Å². The molecule has 1 N–H and O–H groups in total. The normalized spacial score (nSPS) is 20.4. The first-order valence-electron chi connectivity index (χ1n) is 7.38. The Morgan fingerprint density at radius 3 is 2.60 bits per heavy atom. The molecule has 1 aliphatic rings. The van der Waals surface area contributed by atoms with Crippen molar-refractivity contribution in [2.45, 2.75) is 26.4 Å². The lowest BCUT2D eigenvalue weighted by atomic mass is 10.1. The molecule has 3 nitrogen and oxygen atoms in total. The first-order chi connectivity index (χ1) is 9.72. The maximum atomic E-state index is 8.68. The third-order valence-corrected chi connectivity index (χ3v) is 3.93. The molecule has 0 spiro atoms. The number of hydrogen-bond acceptors (Lipinski definition) is 3. The molecule has 3 heteroatoms. The SMILES string of the molecule is CCN1CCN(Cc2ccc(C#CCO)cc2)CC1C. The summed E-state index contributed by atoms with van der Waals surface area (Å²) in [7, 11) is 0. The van der Waals surface area contributed by atoms with E-state index in [-0.39, 0.29) is 6.61 Å². The highest BCUT2D eigenvalue weighted by molar-refractivity contribution is 5.36. The first kappa shape index (κ1) is 15.1. The Bertz CT molecular complexity index is 472. The summed E-state index contributed by atoms with van der Waals surface area (Å²) in [5.74, 6) is 5.60. The van der Waals surface area contributed by atoms with Gasteiger partial charge in [-0.3, -0.25) is 9.80 Å². The number of aliphatic hydroxyl groups is 1. The van der Waals surface area contributed by atoms with Crippen LogP contribution in [-0.2, 0) is 6.54 Å². The van der Waals surface area contributed by atoms with Crippen LogP contribution in [0.3, 0.4) is 0 Å². The van der Waals surface area contributed by atoms with E-state index in [1.165, 1.54) is 5.56 Å². The summed E-state index contributed by atoms with van der Waals surface area (Å²) in [6.45, 7) is 10.1. The fourth-order valence-electron chi connectivity index (χ4n) is 2.78. The van der Waals surface area contributed by atoms with E-state index in [0.29, 0.717) is 6.04 Å². The molecule has 1 aromatic carbocycles. The Balaban J connectivity index is 1.90. The summed E-state index contributed by atoms with van der Waals surface area (Å²) >= 11 is 0. The third kappa shape index (κ3) is 4.08. The molecule has 108 valence electrons. The maximum Gasteiger partial charge on any atom is 0.104 e. The highest BCUT2D eigenvalue weighted by atomic mass is 16.2. The van der Waals surface area contributed by atoms with Crippen LogP contribution in [0.15, 0.2) is 24.3 Å². The van der Waals surface area contributed by atoms with Crippen molar-refractivity contribution in [3.05, 3.63) is 35.4 Å². The van der Waals surface area contributed by atoms with Gasteiger partial charge in [0, 0.05) is 37.8 Å². The van der Waals surface area contributed by atoms with Crippen LogP contribution in [-0.4, -0.2) is 53.7 Å². The van der Waals surface area contributed by atoms with Crippen molar-refractivity contribution in [1.82, 2.24) is 9.80 Å². The summed E-state index contributed by atoms with van der Waals surface area (Å²) in [4.78, 5) is 5.05. The molecule has 1 unspecified atom stereocenters. The lowest BCUT2D eigenvalue weighted by molar-refractivity contribution is 0.0834. The Labute approximate surface area is 122 Å². The molecule has 1 atom stereocenters. The molecule has 1 aliphatic heterocycles. The van der Waals surface area contributed by atoms with Gasteiger partial charge in [-0.15, -0.1) is 0 Å². The van der Waals surface area contributed by atoms with Gasteiger partial charge in [0.15, 0.2) is 0 Å². The van der Waals surface area contributed by atoms with Crippen LogP contribution in [0.25, 0.3) is 0 Å². The number of aliphatic hydroxyl groups excluding tert-OH is 1. The topological polar surface area (TPSA) is 26.7 Å². The van der Waals surface area contributed by atoms with E-state index in [4.69, 9.17) is 5.11 Å². The van der Waals surface area contributed by atoms with E-state index < -0.39 is 0 Å². The van der Waals surface area contributed by atoms with Gasteiger partial charge in [-0.25, -0.2) is 0 Å². The number of hydrogen-bond donors (Lipinski definition) is 1. The van der Waals surface area contributed by atoms with Crippen LogP contribution in [0, 0.1) is 11.8 Å². The van der Waals surface area contributed by atoms with Gasteiger partial charge < -0.3 is 5.11 Å². The van der Waals surface area contributed by atoms with Gasteiger partial charge in [-0.1, -0.05) is 30.9 Å². The molecule has 1 aromatic rings. The fraction of sp³-hybridized carbons (Fsp3) is 0.529. The fourth-order valence-corrected chi connectivity index (χ4v) is 2.78. The molecular formula is C17H24N2O. The van der Waals surface area contributed by atoms with Gasteiger partial charge in [0.25, 0.3) is 0 Å².